The minimum atomic E-state index is -1.88. The minimum absolute atomic E-state index is 0.0363. The molecule has 0 amide bonds. The summed E-state index contributed by atoms with van der Waals surface area (Å²) in [7, 11) is -1.88. The van der Waals surface area contributed by atoms with Gasteiger partial charge in [-0.1, -0.05) is 0 Å². The molecule has 2 rings (SSSR count). The van der Waals surface area contributed by atoms with E-state index in [9.17, 15) is 14.4 Å². The third kappa shape index (κ3) is 4.69. The van der Waals surface area contributed by atoms with Crippen LogP contribution in [-0.2, 0) is 23.9 Å². The predicted molar refractivity (Wildman–Crippen MR) is 126 cm³/mol. The fourth-order valence-corrected chi connectivity index (χ4v) is 17.1. The molecule has 0 saturated heterocycles. The van der Waals surface area contributed by atoms with E-state index in [1.807, 2.05) is 18.2 Å². The molecule has 172 valence electrons. The van der Waals surface area contributed by atoms with Crippen molar-refractivity contribution in [1.82, 2.24) is 0 Å². The normalized spacial score (nSPS) is 20.6. The van der Waals surface area contributed by atoms with E-state index in [1.165, 1.54) is 11.4 Å². The van der Waals surface area contributed by atoms with Crippen LogP contribution in [0.2, 0.25) is 22.6 Å². The van der Waals surface area contributed by atoms with Crippen LogP contribution in [0.3, 0.4) is 0 Å². The molecule has 0 spiro atoms. The summed E-state index contributed by atoms with van der Waals surface area (Å²) in [5.74, 6) is -2.28. The van der Waals surface area contributed by atoms with Gasteiger partial charge < -0.3 is 0 Å². The van der Waals surface area contributed by atoms with Crippen LogP contribution in [-0.4, -0.2) is 54.0 Å². The van der Waals surface area contributed by atoms with Crippen molar-refractivity contribution in [2.45, 2.75) is 64.1 Å². The Balaban J connectivity index is 2.66. The Labute approximate surface area is 193 Å². The summed E-state index contributed by atoms with van der Waals surface area (Å²) in [6.07, 6.45) is 0. The van der Waals surface area contributed by atoms with E-state index in [4.69, 9.17) is 9.47 Å². The quantitative estimate of drug-likeness (QED) is 0.243. The average Bonchev–Trinajstić information content (AvgIpc) is 3.47. The standard InChI is InChI=1S/C24H36O5SeSi/c1-7-28-22(26)24(23(27)29-8-2)19(17(6)25)20(24)21(31(9-3,10-4)11-5)30-18-15-13-12-14-16-18/h12-16,19-21H,7-11H2,1-6H3/t19-,20-,21-/m1/s1. The van der Waals surface area contributed by atoms with Crippen LogP contribution < -0.4 is 4.46 Å². The molecule has 1 saturated carbocycles. The first-order chi connectivity index (χ1) is 14.8. The number of esters is 2. The van der Waals surface area contributed by atoms with Gasteiger partial charge in [0.05, 0.1) is 0 Å². The topological polar surface area (TPSA) is 69.7 Å². The van der Waals surface area contributed by atoms with E-state index in [1.54, 1.807) is 13.8 Å². The number of rotatable bonds is 12. The van der Waals surface area contributed by atoms with Crippen molar-refractivity contribution in [2.75, 3.05) is 13.2 Å². The first-order valence-corrected chi connectivity index (χ1v) is 15.9. The summed E-state index contributed by atoms with van der Waals surface area (Å²) < 4.78 is 12.2. The van der Waals surface area contributed by atoms with Crippen LogP contribution >= 0.6 is 0 Å². The molecular weight excluding hydrogens is 475 g/mol. The molecule has 0 aromatic heterocycles. The molecule has 0 unspecified atom stereocenters. The SMILES string of the molecule is CCOC(=O)C1(C(=O)OCC)[C@@H]([C@H]([Se]c2ccccc2)[Si](CC)(CC)CC)[C@H]1C(C)=O. The summed E-state index contributed by atoms with van der Waals surface area (Å²) in [6, 6.07) is 13.5. The van der Waals surface area contributed by atoms with Crippen LogP contribution in [0.15, 0.2) is 30.3 Å². The van der Waals surface area contributed by atoms with Gasteiger partial charge in [0.15, 0.2) is 0 Å². The van der Waals surface area contributed by atoms with Gasteiger partial charge >= 0.3 is 194 Å². The third-order valence-electron chi connectivity index (χ3n) is 6.98. The fourth-order valence-electron chi connectivity index (χ4n) is 5.09. The summed E-state index contributed by atoms with van der Waals surface area (Å²) in [5.41, 5.74) is -1.49. The number of benzene rings is 1. The van der Waals surface area contributed by atoms with Crippen molar-refractivity contribution in [3.8, 4) is 0 Å². The molecule has 0 N–H and O–H groups in total. The maximum absolute atomic E-state index is 13.3. The zero-order chi connectivity index (χ0) is 23.2. The monoisotopic (exact) mass is 512 g/mol. The first-order valence-electron chi connectivity index (χ1n) is 11.4. The first kappa shape index (κ1) is 25.8. The number of hydrogen-bond donors (Lipinski definition) is 0. The molecule has 0 aliphatic heterocycles. The molecule has 3 atom stereocenters. The predicted octanol–water partition coefficient (Wildman–Crippen LogP) is 3.80. The van der Waals surface area contributed by atoms with Crippen LogP contribution in [0, 0.1) is 17.3 Å². The molecule has 1 aliphatic carbocycles. The second-order valence-electron chi connectivity index (χ2n) is 8.20. The van der Waals surface area contributed by atoms with E-state index in [-0.39, 0.29) is 44.3 Å². The van der Waals surface area contributed by atoms with Crippen molar-refractivity contribution in [1.29, 1.82) is 0 Å². The zero-order valence-electron chi connectivity index (χ0n) is 19.6. The van der Waals surface area contributed by atoms with E-state index in [0.717, 1.165) is 18.1 Å². The van der Waals surface area contributed by atoms with Gasteiger partial charge in [0.25, 0.3) is 0 Å². The Morgan fingerprint density at radius 2 is 1.42 bits per heavy atom. The number of ether oxygens (including phenoxy) is 2. The Bertz CT molecular complexity index is 751. The van der Waals surface area contributed by atoms with E-state index >= 15 is 0 Å². The van der Waals surface area contributed by atoms with Gasteiger partial charge in [0.1, 0.15) is 0 Å². The van der Waals surface area contributed by atoms with Crippen molar-refractivity contribution < 1.29 is 23.9 Å². The van der Waals surface area contributed by atoms with E-state index in [0.29, 0.717) is 0 Å². The summed E-state index contributed by atoms with van der Waals surface area (Å²) in [5, 5.41) is 0. The summed E-state index contributed by atoms with van der Waals surface area (Å²) >= 11 is 0.0363. The van der Waals surface area contributed by atoms with Crippen LogP contribution in [0.5, 0.6) is 0 Å². The Kier molecular flexibility index (Phi) is 9.10. The number of Topliss-reactive ketones (excluding diaryl/α,β-unsaturated/α-hetero) is 1. The summed E-state index contributed by atoms with van der Waals surface area (Å²) in [4.78, 5) is 39.3. The molecule has 5 nitrogen and oxygen atoms in total. The number of carbonyl (C=O) groups is 3. The Hall–Kier alpha value is -1.43. The van der Waals surface area contributed by atoms with Crippen LogP contribution in [0.1, 0.15) is 41.5 Å². The molecule has 1 aliphatic rings. The molecule has 1 fully saturated rings. The van der Waals surface area contributed by atoms with Crippen molar-refractivity contribution >= 4 is 45.2 Å². The van der Waals surface area contributed by atoms with Crippen LogP contribution in [0.25, 0.3) is 0 Å². The second kappa shape index (κ2) is 10.9. The van der Waals surface area contributed by atoms with Gasteiger partial charge in [-0.15, -0.1) is 0 Å². The molecular formula is C24H36O5SeSi. The maximum atomic E-state index is 13.3. The van der Waals surface area contributed by atoms with Gasteiger partial charge in [-0.3, -0.25) is 0 Å². The van der Waals surface area contributed by atoms with Gasteiger partial charge in [-0.05, 0) is 0 Å². The van der Waals surface area contributed by atoms with Crippen molar-refractivity contribution in [3.05, 3.63) is 30.3 Å². The van der Waals surface area contributed by atoms with Crippen molar-refractivity contribution in [3.63, 3.8) is 0 Å². The van der Waals surface area contributed by atoms with Crippen LogP contribution in [0.4, 0.5) is 0 Å². The molecule has 7 heteroatoms. The zero-order valence-corrected chi connectivity index (χ0v) is 22.3. The molecule has 0 heterocycles. The molecule has 1 aromatic carbocycles. The fraction of sp³-hybridized carbons (Fsp3) is 0.625. The second-order valence-corrected chi connectivity index (χ2v) is 17.2. The van der Waals surface area contributed by atoms with Gasteiger partial charge in [0.2, 0.25) is 0 Å². The Morgan fingerprint density at radius 1 is 0.935 bits per heavy atom. The number of carbonyl (C=O) groups excluding carboxylic acids is 3. The number of hydrogen-bond acceptors (Lipinski definition) is 5. The van der Waals surface area contributed by atoms with Gasteiger partial charge in [-0.25, -0.2) is 0 Å². The third-order valence-corrected chi connectivity index (χ3v) is 18.8. The van der Waals surface area contributed by atoms with E-state index in [2.05, 4.69) is 32.9 Å². The van der Waals surface area contributed by atoms with Gasteiger partial charge in [-0.2, -0.15) is 0 Å². The molecule has 0 radical (unpaired) electrons. The molecule has 31 heavy (non-hydrogen) atoms. The van der Waals surface area contributed by atoms with Gasteiger partial charge in [0, 0.05) is 0 Å². The number of ketones is 1. The van der Waals surface area contributed by atoms with E-state index < -0.39 is 31.3 Å². The Morgan fingerprint density at radius 3 is 1.81 bits per heavy atom. The van der Waals surface area contributed by atoms with Crippen molar-refractivity contribution in [2.24, 2.45) is 17.3 Å². The average molecular weight is 512 g/mol. The molecule has 0 bridgehead atoms. The molecule has 1 aromatic rings. The summed E-state index contributed by atoms with van der Waals surface area (Å²) in [6.45, 7) is 12.0.